The third kappa shape index (κ3) is 4.94. The third-order valence-corrected chi connectivity index (χ3v) is 5.27. The predicted molar refractivity (Wildman–Crippen MR) is 122 cm³/mol. The number of halogens is 1. The Morgan fingerprint density at radius 1 is 1.12 bits per heavy atom. The van der Waals surface area contributed by atoms with Crippen molar-refractivity contribution in [2.75, 3.05) is 7.11 Å². The predicted octanol–water partition coefficient (Wildman–Crippen LogP) is 3.65. The number of hydrogen-bond acceptors (Lipinski definition) is 6. The first-order valence-electron chi connectivity index (χ1n) is 9.72. The van der Waals surface area contributed by atoms with Crippen LogP contribution in [-0.2, 0) is 17.9 Å². The molecule has 0 atom stereocenters. The maximum absolute atomic E-state index is 12.9. The molecule has 0 fully saturated rings. The summed E-state index contributed by atoms with van der Waals surface area (Å²) in [5.74, 6) is 0.925. The number of amides is 1. The van der Waals surface area contributed by atoms with Crippen LogP contribution in [0.1, 0.15) is 5.56 Å². The number of aromatic nitrogens is 3. The molecule has 8 nitrogen and oxygen atoms in total. The van der Waals surface area contributed by atoms with Crippen molar-refractivity contribution in [1.29, 1.82) is 0 Å². The van der Waals surface area contributed by atoms with E-state index in [9.17, 15) is 9.59 Å². The van der Waals surface area contributed by atoms with Crippen LogP contribution in [0.2, 0.25) is 0 Å². The molecule has 0 radical (unpaired) electrons. The molecule has 0 saturated carbocycles. The van der Waals surface area contributed by atoms with Gasteiger partial charge >= 0.3 is 0 Å². The molecule has 0 saturated heterocycles. The highest BCUT2D eigenvalue weighted by Crippen LogP contribution is 2.22. The van der Waals surface area contributed by atoms with E-state index < -0.39 is 5.56 Å². The number of nitrogens with zero attached hydrogens (tertiary/aromatic N) is 3. The van der Waals surface area contributed by atoms with Crippen LogP contribution in [0.25, 0.3) is 22.8 Å². The van der Waals surface area contributed by atoms with Crippen molar-refractivity contribution in [1.82, 2.24) is 20.0 Å². The molecule has 2 heterocycles. The summed E-state index contributed by atoms with van der Waals surface area (Å²) in [6, 6.07) is 18.0. The van der Waals surface area contributed by atoms with Crippen LogP contribution in [-0.4, -0.2) is 27.7 Å². The molecule has 2 aromatic heterocycles. The van der Waals surface area contributed by atoms with E-state index in [1.807, 2.05) is 48.5 Å². The van der Waals surface area contributed by atoms with Gasteiger partial charge in [0.2, 0.25) is 11.7 Å². The number of benzene rings is 2. The Balaban J connectivity index is 1.46. The lowest BCUT2D eigenvalue weighted by Gasteiger charge is -2.08. The molecule has 1 amide bonds. The summed E-state index contributed by atoms with van der Waals surface area (Å²) in [5, 5.41) is 6.77. The van der Waals surface area contributed by atoms with Crippen molar-refractivity contribution in [3.8, 4) is 28.6 Å². The minimum Gasteiger partial charge on any atom is -0.497 e. The van der Waals surface area contributed by atoms with Crippen LogP contribution in [0.4, 0.5) is 0 Å². The van der Waals surface area contributed by atoms with Crippen molar-refractivity contribution in [3.05, 3.63) is 87.3 Å². The maximum atomic E-state index is 12.9. The van der Waals surface area contributed by atoms with Gasteiger partial charge < -0.3 is 19.1 Å². The van der Waals surface area contributed by atoms with Gasteiger partial charge in [0.1, 0.15) is 17.9 Å². The number of carbonyl (C=O) groups is 1. The number of hydrogen-bond donors (Lipinski definition) is 1. The molecular formula is C23H19BrN4O4. The zero-order chi connectivity index (χ0) is 22.5. The van der Waals surface area contributed by atoms with Gasteiger partial charge in [-0.1, -0.05) is 33.2 Å². The van der Waals surface area contributed by atoms with E-state index in [1.165, 1.54) is 4.57 Å². The first-order valence-corrected chi connectivity index (χ1v) is 10.5. The molecule has 162 valence electrons. The van der Waals surface area contributed by atoms with Gasteiger partial charge in [-0.25, -0.2) is 0 Å². The number of ether oxygens (including phenoxy) is 1. The molecule has 0 unspecified atom stereocenters. The summed E-state index contributed by atoms with van der Waals surface area (Å²) >= 11 is 3.38. The Bertz CT molecular complexity index is 1280. The molecule has 2 aromatic carbocycles. The van der Waals surface area contributed by atoms with Gasteiger partial charge in [-0.05, 0) is 54.1 Å². The van der Waals surface area contributed by atoms with Crippen LogP contribution >= 0.6 is 15.9 Å². The van der Waals surface area contributed by atoms with E-state index in [0.717, 1.165) is 21.3 Å². The number of nitrogens with one attached hydrogen (secondary N) is 1. The van der Waals surface area contributed by atoms with Crippen LogP contribution in [0.3, 0.4) is 0 Å². The van der Waals surface area contributed by atoms with Gasteiger partial charge in [0, 0.05) is 22.8 Å². The molecule has 32 heavy (non-hydrogen) atoms. The van der Waals surface area contributed by atoms with Crippen LogP contribution in [0, 0.1) is 0 Å². The fourth-order valence-corrected chi connectivity index (χ4v) is 3.29. The Hall–Kier alpha value is -3.72. The van der Waals surface area contributed by atoms with E-state index in [2.05, 4.69) is 31.4 Å². The maximum Gasteiger partial charge on any atom is 0.263 e. The highest BCUT2D eigenvalue weighted by molar-refractivity contribution is 9.10. The number of methoxy groups -OCH3 is 1. The lowest BCUT2D eigenvalue weighted by Crippen LogP contribution is -2.32. The zero-order valence-electron chi connectivity index (χ0n) is 17.1. The molecule has 0 aliphatic heterocycles. The topological polar surface area (TPSA) is 99.2 Å². The molecule has 4 aromatic rings. The molecule has 0 bridgehead atoms. The van der Waals surface area contributed by atoms with Gasteiger partial charge in [-0.15, -0.1) is 0 Å². The van der Waals surface area contributed by atoms with Gasteiger partial charge in [0.05, 0.1) is 7.11 Å². The number of carbonyl (C=O) groups excluding carboxylic acids is 1. The Labute approximate surface area is 192 Å². The SMILES string of the molecule is COc1ccc(CNC(=O)Cn2cccc(-c3nc(-c4ccc(Br)cc4)no3)c2=O)cc1. The minimum atomic E-state index is -0.391. The summed E-state index contributed by atoms with van der Waals surface area (Å²) in [6.45, 7) is 0.216. The Morgan fingerprint density at radius 2 is 1.88 bits per heavy atom. The second-order valence-electron chi connectivity index (χ2n) is 6.91. The summed E-state index contributed by atoms with van der Waals surface area (Å²) in [6.07, 6.45) is 1.55. The second-order valence-corrected chi connectivity index (χ2v) is 7.83. The molecular weight excluding hydrogens is 476 g/mol. The summed E-state index contributed by atoms with van der Waals surface area (Å²) in [4.78, 5) is 29.6. The van der Waals surface area contributed by atoms with E-state index in [0.29, 0.717) is 12.4 Å². The van der Waals surface area contributed by atoms with Crippen LogP contribution in [0.15, 0.2) is 80.7 Å². The molecule has 0 spiro atoms. The first kappa shape index (κ1) is 21.5. The van der Waals surface area contributed by atoms with Gasteiger partial charge in [0.25, 0.3) is 11.4 Å². The standard InChI is InChI=1S/C23H19BrN4O4/c1-31-18-10-4-15(5-11-18)13-25-20(29)14-28-12-2-3-19(23(28)30)22-26-21(27-32-22)16-6-8-17(24)9-7-16/h2-12H,13-14H2,1H3,(H,25,29). The molecule has 9 heteroatoms. The van der Waals surface area contributed by atoms with E-state index in [1.54, 1.807) is 25.4 Å². The second kappa shape index (κ2) is 9.61. The van der Waals surface area contributed by atoms with E-state index in [4.69, 9.17) is 9.26 Å². The van der Waals surface area contributed by atoms with Crippen molar-refractivity contribution in [3.63, 3.8) is 0 Å². The third-order valence-electron chi connectivity index (χ3n) is 4.74. The Kier molecular flexibility index (Phi) is 6.46. The zero-order valence-corrected chi connectivity index (χ0v) is 18.7. The van der Waals surface area contributed by atoms with E-state index in [-0.39, 0.29) is 23.9 Å². The van der Waals surface area contributed by atoms with Crippen molar-refractivity contribution >= 4 is 21.8 Å². The summed E-state index contributed by atoms with van der Waals surface area (Å²) in [5.41, 5.74) is 1.52. The highest BCUT2D eigenvalue weighted by Gasteiger charge is 2.16. The Morgan fingerprint density at radius 3 is 2.59 bits per heavy atom. The normalized spacial score (nSPS) is 10.7. The average molecular weight is 495 g/mol. The molecule has 0 aliphatic rings. The molecule has 4 rings (SSSR count). The lowest BCUT2D eigenvalue weighted by molar-refractivity contribution is -0.121. The van der Waals surface area contributed by atoms with Crippen LogP contribution in [0.5, 0.6) is 5.75 Å². The van der Waals surface area contributed by atoms with Gasteiger partial charge in [0.15, 0.2) is 0 Å². The van der Waals surface area contributed by atoms with Crippen LogP contribution < -0.4 is 15.6 Å². The fourth-order valence-electron chi connectivity index (χ4n) is 3.03. The first-order chi connectivity index (χ1) is 15.5. The summed E-state index contributed by atoms with van der Waals surface area (Å²) < 4.78 is 12.7. The largest absolute Gasteiger partial charge is 0.497 e. The van der Waals surface area contributed by atoms with Gasteiger partial charge in [-0.3, -0.25) is 9.59 Å². The number of pyridine rings is 1. The highest BCUT2D eigenvalue weighted by atomic mass is 79.9. The number of rotatable bonds is 7. The molecule has 0 aliphatic carbocycles. The fraction of sp³-hybridized carbons (Fsp3) is 0.130. The minimum absolute atomic E-state index is 0.0981. The van der Waals surface area contributed by atoms with Gasteiger partial charge in [-0.2, -0.15) is 4.98 Å². The summed E-state index contributed by atoms with van der Waals surface area (Å²) in [7, 11) is 1.60. The quantitative estimate of drug-likeness (QED) is 0.420. The smallest absolute Gasteiger partial charge is 0.263 e. The van der Waals surface area contributed by atoms with Crippen molar-refractivity contribution in [2.24, 2.45) is 0 Å². The lowest BCUT2D eigenvalue weighted by atomic mass is 10.2. The average Bonchev–Trinajstić information content (AvgIpc) is 3.30. The van der Waals surface area contributed by atoms with E-state index >= 15 is 0 Å². The van der Waals surface area contributed by atoms with Crippen molar-refractivity contribution < 1.29 is 14.1 Å². The monoisotopic (exact) mass is 494 g/mol. The van der Waals surface area contributed by atoms with Crippen molar-refractivity contribution in [2.45, 2.75) is 13.1 Å². The molecule has 1 N–H and O–H groups in total.